The predicted octanol–water partition coefficient (Wildman–Crippen LogP) is 3.55. The van der Waals surface area contributed by atoms with Crippen molar-refractivity contribution in [3.8, 4) is 0 Å². The molecule has 0 fully saturated rings. The third kappa shape index (κ3) is 5.20. The Balaban J connectivity index is 2.18. The average molecular weight is 490 g/mol. The first kappa shape index (κ1) is 24.7. The number of rotatable bonds is 8. The molecule has 1 aliphatic carbocycles. The van der Waals surface area contributed by atoms with Gasteiger partial charge in [0.2, 0.25) is 0 Å². The highest BCUT2D eigenvalue weighted by Gasteiger charge is 2.51. The lowest BCUT2D eigenvalue weighted by molar-refractivity contribution is 0.155. The normalized spacial score (nSPS) is 22.9. The van der Waals surface area contributed by atoms with Gasteiger partial charge in [-0.2, -0.15) is 0 Å². The minimum absolute atomic E-state index is 0.0142. The van der Waals surface area contributed by atoms with Crippen LogP contribution in [0.2, 0.25) is 0 Å². The number of carbonyl (C=O) groups excluding carboxylic acids is 1. The summed E-state index contributed by atoms with van der Waals surface area (Å²) in [6.45, 7) is 5.22. The molecular formula is C24H27NO6S2. The number of sulfone groups is 2. The molecule has 0 bridgehead atoms. The molecule has 176 valence electrons. The lowest BCUT2D eigenvalue weighted by Crippen LogP contribution is -2.57. The van der Waals surface area contributed by atoms with Gasteiger partial charge < -0.3 is 10.1 Å². The Kier molecular flexibility index (Phi) is 7.76. The summed E-state index contributed by atoms with van der Waals surface area (Å²) in [5, 5.41) is -0.238. The highest BCUT2D eigenvalue weighted by Crippen LogP contribution is 2.37. The molecule has 0 saturated heterocycles. The molecule has 1 aliphatic rings. The third-order valence-electron chi connectivity index (χ3n) is 5.61. The molecule has 3 rings (SSSR count). The molecule has 7 nitrogen and oxygen atoms in total. The Bertz CT molecular complexity index is 1210. The molecule has 0 aromatic heterocycles. The van der Waals surface area contributed by atoms with Crippen LogP contribution < -0.4 is 5.32 Å². The fourth-order valence-electron chi connectivity index (χ4n) is 4.05. The van der Waals surface area contributed by atoms with Gasteiger partial charge in [0.25, 0.3) is 0 Å². The van der Waals surface area contributed by atoms with Crippen LogP contribution >= 0.6 is 0 Å². The number of carbonyl (C=O) groups is 1. The van der Waals surface area contributed by atoms with Crippen LogP contribution in [0, 0.1) is 5.92 Å². The molecule has 0 heterocycles. The fraction of sp³-hybridized carbons (Fsp3) is 0.292. The maximum absolute atomic E-state index is 13.8. The molecule has 9 heteroatoms. The molecule has 0 radical (unpaired) electrons. The van der Waals surface area contributed by atoms with E-state index in [0.717, 1.165) is 0 Å². The maximum atomic E-state index is 13.8. The van der Waals surface area contributed by atoms with Gasteiger partial charge in [-0.05, 0) is 36.6 Å². The summed E-state index contributed by atoms with van der Waals surface area (Å²) in [6.07, 6.45) is 4.14. The SMILES string of the molecule is C=CCOC(=O)N[C@H]1C=C[C@@H](CC)[C@H](S(=O)(=O)c2ccccc2)[C@H]1S(=O)(=O)c1ccccc1. The largest absolute Gasteiger partial charge is 0.445 e. The van der Waals surface area contributed by atoms with Crippen LogP contribution in [0.3, 0.4) is 0 Å². The second-order valence-electron chi connectivity index (χ2n) is 7.66. The number of alkyl carbamates (subject to hydrolysis) is 1. The zero-order chi connectivity index (χ0) is 24.1. The molecule has 2 aromatic carbocycles. The van der Waals surface area contributed by atoms with E-state index < -0.39 is 48.2 Å². The van der Waals surface area contributed by atoms with Gasteiger partial charge in [-0.1, -0.05) is 68.1 Å². The van der Waals surface area contributed by atoms with Crippen LogP contribution in [0.15, 0.2) is 95.3 Å². The van der Waals surface area contributed by atoms with E-state index in [1.54, 1.807) is 55.5 Å². The van der Waals surface area contributed by atoms with E-state index in [1.165, 1.54) is 30.3 Å². The van der Waals surface area contributed by atoms with Gasteiger partial charge in [0, 0.05) is 0 Å². The number of hydrogen-bond donors (Lipinski definition) is 1. The minimum Gasteiger partial charge on any atom is -0.445 e. The summed E-state index contributed by atoms with van der Waals surface area (Å²) in [4.78, 5) is 12.3. The number of allylic oxidation sites excluding steroid dienone is 1. The molecule has 0 aliphatic heterocycles. The summed E-state index contributed by atoms with van der Waals surface area (Å²) in [5.41, 5.74) is 0. The summed E-state index contributed by atoms with van der Waals surface area (Å²) < 4.78 is 60.2. The lowest BCUT2D eigenvalue weighted by Gasteiger charge is -2.38. The minimum atomic E-state index is -4.18. The van der Waals surface area contributed by atoms with Crippen LogP contribution in [0.4, 0.5) is 4.79 Å². The van der Waals surface area contributed by atoms with Crippen LogP contribution in [-0.4, -0.2) is 46.1 Å². The van der Waals surface area contributed by atoms with E-state index >= 15 is 0 Å². The van der Waals surface area contributed by atoms with Gasteiger partial charge in [0.1, 0.15) is 11.9 Å². The van der Waals surface area contributed by atoms with E-state index in [4.69, 9.17) is 4.74 Å². The van der Waals surface area contributed by atoms with E-state index in [9.17, 15) is 21.6 Å². The zero-order valence-electron chi connectivity index (χ0n) is 18.2. The molecule has 1 N–H and O–H groups in total. The van der Waals surface area contributed by atoms with Crippen molar-refractivity contribution in [1.82, 2.24) is 5.32 Å². The van der Waals surface area contributed by atoms with Crippen molar-refractivity contribution >= 4 is 25.8 Å². The van der Waals surface area contributed by atoms with Crippen LogP contribution in [-0.2, 0) is 24.4 Å². The van der Waals surface area contributed by atoms with Crippen LogP contribution in [0.5, 0.6) is 0 Å². The molecular weight excluding hydrogens is 462 g/mol. The van der Waals surface area contributed by atoms with E-state index in [-0.39, 0.29) is 16.4 Å². The quantitative estimate of drug-likeness (QED) is 0.569. The van der Waals surface area contributed by atoms with Crippen molar-refractivity contribution in [1.29, 1.82) is 0 Å². The first-order chi connectivity index (χ1) is 15.7. The summed E-state index contributed by atoms with van der Waals surface area (Å²) >= 11 is 0. The highest BCUT2D eigenvalue weighted by atomic mass is 32.2. The van der Waals surface area contributed by atoms with Crippen molar-refractivity contribution in [2.45, 2.75) is 39.7 Å². The molecule has 1 amide bonds. The smallest absolute Gasteiger partial charge is 0.407 e. The Morgan fingerprint density at radius 2 is 1.42 bits per heavy atom. The number of ether oxygens (including phenoxy) is 1. The molecule has 2 aromatic rings. The standard InChI is InChI=1S/C24H27NO6S2/c1-3-17-31-24(26)25-21-16-15-18(4-2)22(32(27,28)19-11-7-5-8-12-19)23(21)33(29,30)20-13-9-6-10-14-20/h3,5-16,18,21-23H,1,4,17H2,2H3,(H,25,26)/t18-,21+,22+,23+/m1/s1. The zero-order valence-corrected chi connectivity index (χ0v) is 19.8. The molecule has 0 saturated carbocycles. The fourth-order valence-corrected chi connectivity index (χ4v) is 9.00. The van der Waals surface area contributed by atoms with Gasteiger partial charge in [-0.15, -0.1) is 0 Å². The number of hydrogen-bond acceptors (Lipinski definition) is 6. The second-order valence-corrected chi connectivity index (χ2v) is 11.9. The number of nitrogens with one attached hydrogen (secondary N) is 1. The predicted molar refractivity (Wildman–Crippen MR) is 126 cm³/mol. The molecule has 4 atom stereocenters. The van der Waals surface area contributed by atoms with Crippen LogP contribution in [0.1, 0.15) is 13.3 Å². The van der Waals surface area contributed by atoms with Gasteiger partial charge in [-0.3, -0.25) is 0 Å². The van der Waals surface area contributed by atoms with Gasteiger partial charge in [0.15, 0.2) is 19.7 Å². The van der Waals surface area contributed by atoms with Crippen molar-refractivity contribution in [2.24, 2.45) is 5.92 Å². The monoisotopic (exact) mass is 489 g/mol. The summed E-state index contributed by atoms with van der Waals surface area (Å²) in [6, 6.07) is 14.3. The topological polar surface area (TPSA) is 107 Å². The van der Waals surface area contributed by atoms with Crippen molar-refractivity contribution < 1.29 is 26.4 Å². The highest BCUT2D eigenvalue weighted by molar-refractivity contribution is 7.96. The Morgan fingerprint density at radius 1 is 0.909 bits per heavy atom. The molecule has 0 spiro atoms. The average Bonchev–Trinajstić information content (AvgIpc) is 2.83. The molecule has 33 heavy (non-hydrogen) atoms. The number of amides is 1. The van der Waals surface area contributed by atoms with Crippen molar-refractivity contribution in [3.05, 3.63) is 85.5 Å². The lowest BCUT2D eigenvalue weighted by atomic mass is 9.90. The first-order valence-corrected chi connectivity index (χ1v) is 13.6. The Labute approximate surface area is 195 Å². The Hall–Kier alpha value is -2.91. The van der Waals surface area contributed by atoms with E-state index in [1.807, 2.05) is 0 Å². The Morgan fingerprint density at radius 3 is 1.91 bits per heavy atom. The van der Waals surface area contributed by atoms with Crippen molar-refractivity contribution in [3.63, 3.8) is 0 Å². The second kappa shape index (κ2) is 10.4. The first-order valence-electron chi connectivity index (χ1n) is 10.5. The summed E-state index contributed by atoms with van der Waals surface area (Å²) in [7, 11) is -8.27. The number of benzene rings is 2. The van der Waals surface area contributed by atoms with Gasteiger partial charge in [0.05, 0.1) is 21.1 Å². The van der Waals surface area contributed by atoms with Gasteiger partial charge in [-0.25, -0.2) is 21.6 Å². The maximum Gasteiger partial charge on any atom is 0.407 e. The van der Waals surface area contributed by atoms with E-state index in [0.29, 0.717) is 6.42 Å². The van der Waals surface area contributed by atoms with Crippen molar-refractivity contribution in [2.75, 3.05) is 6.61 Å². The summed E-state index contributed by atoms with van der Waals surface area (Å²) in [5.74, 6) is -0.569. The van der Waals surface area contributed by atoms with E-state index in [2.05, 4.69) is 11.9 Å². The molecule has 0 unspecified atom stereocenters. The third-order valence-corrected chi connectivity index (χ3v) is 10.3. The van der Waals surface area contributed by atoms with Gasteiger partial charge >= 0.3 is 6.09 Å². The van der Waals surface area contributed by atoms with Crippen LogP contribution in [0.25, 0.3) is 0 Å².